The Morgan fingerprint density at radius 1 is 0.292 bits per heavy atom. The molecule has 0 nitrogen and oxygen atoms in total. The largest absolute Gasteiger partial charge is 0.0619 e. The lowest BCUT2D eigenvalue weighted by Gasteiger charge is -2.20. The number of hydrogen-bond donors (Lipinski definition) is 0. The standard InChI is InChI=1S/C48H34/c1-3-15-35-31(11-1)13-9-21-37(35)33-23-25-43-39-17-5-7-19-41(39)45(47(43)29-33)27-28-46-42-20-8-6-18-40(42)44-26-24-34(30-48(44)46)38-22-10-14-32-12-2-4-16-36(32)38/h1-26,29-30,45-46H,27-28H2. The Balaban J connectivity index is 1.05. The molecule has 0 N–H and O–H groups in total. The van der Waals surface area contributed by atoms with E-state index in [4.69, 9.17) is 0 Å². The van der Waals surface area contributed by atoms with Crippen LogP contribution in [0.5, 0.6) is 0 Å². The maximum absolute atomic E-state index is 2.50. The number of fused-ring (bicyclic) bond motifs is 8. The van der Waals surface area contributed by atoms with Gasteiger partial charge in [-0.25, -0.2) is 0 Å². The van der Waals surface area contributed by atoms with Crippen molar-refractivity contribution in [1.29, 1.82) is 0 Å². The molecule has 10 rings (SSSR count). The highest BCUT2D eigenvalue weighted by molar-refractivity contribution is 5.98. The Kier molecular flexibility index (Phi) is 6.24. The van der Waals surface area contributed by atoms with Gasteiger partial charge in [0.1, 0.15) is 0 Å². The van der Waals surface area contributed by atoms with Crippen molar-refractivity contribution in [3.8, 4) is 44.5 Å². The van der Waals surface area contributed by atoms with E-state index in [-0.39, 0.29) is 0 Å². The first-order chi connectivity index (χ1) is 23.8. The van der Waals surface area contributed by atoms with Crippen LogP contribution in [0, 0.1) is 0 Å². The highest BCUT2D eigenvalue weighted by Gasteiger charge is 2.33. The maximum atomic E-state index is 2.50. The topological polar surface area (TPSA) is 0 Å². The molecule has 2 atom stereocenters. The molecular weight excluding hydrogens is 577 g/mol. The molecule has 0 bridgehead atoms. The van der Waals surface area contributed by atoms with Crippen molar-refractivity contribution in [2.45, 2.75) is 24.7 Å². The molecule has 0 heteroatoms. The van der Waals surface area contributed by atoms with Crippen LogP contribution in [0.25, 0.3) is 66.1 Å². The minimum Gasteiger partial charge on any atom is -0.0619 e. The number of hydrogen-bond acceptors (Lipinski definition) is 0. The van der Waals surface area contributed by atoms with Gasteiger partial charge in [-0.1, -0.05) is 158 Å². The molecule has 0 radical (unpaired) electrons. The van der Waals surface area contributed by atoms with E-state index in [0.717, 1.165) is 12.8 Å². The fourth-order valence-electron chi connectivity index (χ4n) is 8.86. The second-order valence-electron chi connectivity index (χ2n) is 13.5. The summed E-state index contributed by atoms with van der Waals surface area (Å²) in [6.45, 7) is 0. The molecule has 2 unspecified atom stereocenters. The highest BCUT2D eigenvalue weighted by atomic mass is 14.4. The summed E-state index contributed by atoms with van der Waals surface area (Å²) in [6.07, 6.45) is 2.19. The smallest absolute Gasteiger partial charge is 0.0102 e. The van der Waals surface area contributed by atoms with Crippen molar-refractivity contribution in [3.05, 3.63) is 192 Å². The lowest BCUT2D eigenvalue weighted by molar-refractivity contribution is 0.626. The van der Waals surface area contributed by atoms with Crippen LogP contribution in [0.2, 0.25) is 0 Å². The summed E-state index contributed by atoms with van der Waals surface area (Å²) in [4.78, 5) is 0. The van der Waals surface area contributed by atoms with Crippen LogP contribution in [-0.2, 0) is 0 Å². The Morgan fingerprint density at radius 3 is 1.17 bits per heavy atom. The Morgan fingerprint density at radius 2 is 0.667 bits per heavy atom. The molecule has 8 aromatic carbocycles. The van der Waals surface area contributed by atoms with E-state index in [9.17, 15) is 0 Å². The minimum atomic E-state index is 0.364. The summed E-state index contributed by atoms with van der Waals surface area (Å²) < 4.78 is 0. The molecule has 0 saturated carbocycles. The van der Waals surface area contributed by atoms with Gasteiger partial charge in [-0.2, -0.15) is 0 Å². The quantitative estimate of drug-likeness (QED) is 0.182. The molecule has 0 fully saturated rings. The highest BCUT2D eigenvalue weighted by Crippen LogP contribution is 2.53. The zero-order valence-electron chi connectivity index (χ0n) is 26.7. The van der Waals surface area contributed by atoms with Gasteiger partial charge in [0.05, 0.1) is 0 Å². The summed E-state index contributed by atoms with van der Waals surface area (Å²) in [7, 11) is 0. The molecule has 2 aliphatic rings. The van der Waals surface area contributed by atoms with Crippen LogP contribution in [-0.4, -0.2) is 0 Å². The van der Waals surface area contributed by atoms with Crippen LogP contribution in [0.1, 0.15) is 46.9 Å². The van der Waals surface area contributed by atoms with Crippen LogP contribution in [0.15, 0.2) is 170 Å². The first-order valence-corrected chi connectivity index (χ1v) is 17.2. The van der Waals surface area contributed by atoms with Gasteiger partial charge in [0.2, 0.25) is 0 Å². The molecule has 0 amide bonds. The Labute approximate surface area is 282 Å². The number of rotatable bonds is 5. The van der Waals surface area contributed by atoms with Gasteiger partial charge in [-0.15, -0.1) is 0 Å². The van der Waals surface area contributed by atoms with E-state index < -0.39 is 0 Å². The van der Waals surface area contributed by atoms with Crippen LogP contribution in [0.3, 0.4) is 0 Å². The third-order valence-electron chi connectivity index (χ3n) is 11.1. The first-order valence-electron chi connectivity index (χ1n) is 17.2. The van der Waals surface area contributed by atoms with Gasteiger partial charge in [-0.05, 0) is 113 Å². The molecular formula is C48H34. The SMILES string of the molecule is c1ccc2c(c1)-c1ccc(-c3cccc4ccccc34)cc1C2CCC1c2ccccc2-c2ccc(-c3cccc4ccccc34)cc21. The molecule has 0 spiro atoms. The van der Waals surface area contributed by atoms with E-state index in [1.54, 1.807) is 0 Å². The fourth-order valence-corrected chi connectivity index (χ4v) is 8.86. The first kappa shape index (κ1) is 27.4. The lowest BCUT2D eigenvalue weighted by Crippen LogP contribution is -2.03. The third kappa shape index (κ3) is 4.23. The molecule has 226 valence electrons. The van der Waals surface area contributed by atoms with E-state index >= 15 is 0 Å². The average Bonchev–Trinajstić information content (AvgIpc) is 3.64. The van der Waals surface area contributed by atoms with Crippen molar-refractivity contribution in [3.63, 3.8) is 0 Å². The molecule has 0 aromatic heterocycles. The van der Waals surface area contributed by atoms with E-state index in [0.29, 0.717) is 11.8 Å². The van der Waals surface area contributed by atoms with Crippen molar-refractivity contribution in [1.82, 2.24) is 0 Å². The molecule has 8 aromatic rings. The second kappa shape index (κ2) is 10.9. The minimum absolute atomic E-state index is 0.364. The van der Waals surface area contributed by atoms with E-state index in [2.05, 4.69) is 170 Å². The summed E-state index contributed by atoms with van der Waals surface area (Å²) in [5, 5.41) is 5.20. The van der Waals surface area contributed by atoms with Gasteiger partial charge in [0.15, 0.2) is 0 Å². The van der Waals surface area contributed by atoms with Crippen LogP contribution < -0.4 is 0 Å². The van der Waals surface area contributed by atoms with Gasteiger partial charge in [0.25, 0.3) is 0 Å². The number of benzene rings is 8. The van der Waals surface area contributed by atoms with Crippen molar-refractivity contribution in [2.24, 2.45) is 0 Å². The second-order valence-corrected chi connectivity index (χ2v) is 13.5. The summed E-state index contributed by atoms with van der Waals surface area (Å²) in [5.74, 6) is 0.729. The van der Waals surface area contributed by atoms with Crippen molar-refractivity contribution >= 4 is 21.5 Å². The Bertz CT molecular complexity index is 2340. The van der Waals surface area contributed by atoms with Crippen molar-refractivity contribution < 1.29 is 0 Å². The summed E-state index contributed by atoms with van der Waals surface area (Å²) in [6, 6.07) is 63.5. The zero-order chi connectivity index (χ0) is 31.6. The van der Waals surface area contributed by atoms with Crippen LogP contribution >= 0.6 is 0 Å². The van der Waals surface area contributed by atoms with E-state index in [1.807, 2.05) is 0 Å². The Hall–Kier alpha value is -5.72. The summed E-state index contributed by atoms with van der Waals surface area (Å²) >= 11 is 0. The normalized spacial score (nSPS) is 15.7. The molecule has 0 aliphatic heterocycles. The maximum Gasteiger partial charge on any atom is 0.0102 e. The zero-order valence-corrected chi connectivity index (χ0v) is 26.7. The summed E-state index contributed by atoms with van der Waals surface area (Å²) in [5.41, 5.74) is 16.7. The monoisotopic (exact) mass is 610 g/mol. The fraction of sp³-hybridized carbons (Fsp3) is 0.0833. The van der Waals surface area contributed by atoms with Gasteiger partial charge in [0, 0.05) is 11.8 Å². The van der Waals surface area contributed by atoms with Gasteiger partial charge < -0.3 is 0 Å². The molecule has 0 saturated heterocycles. The predicted octanol–water partition coefficient (Wildman–Crippen LogP) is 13.0. The molecule has 2 aliphatic carbocycles. The molecule has 0 heterocycles. The predicted molar refractivity (Wildman–Crippen MR) is 203 cm³/mol. The average molecular weight is 611 g/mol. The molecule has 48 heavy (non-hydrogen) atoms. The van der Waals surface area contributed by atoms with E-state index in [1.165, 1.54) is 88.3 Å². The third-order valence-corrected chi connectivity index (χ3v) is 11.1. The van der Waals surface area contributed by atoms with Gasteiger partial charge in [-0.3, -0.25) is 0 Å². The van der Waals surface area contributed by atoms with Crippen LogP contribution in [0.4, 0.5) is 0 Å². The van der Waals surface area contributed by atoms with Crippen molar-refractivity contribution in [2.75, 3.05) is 0 Å². The van der Waals surface area contributed by atoms with Gasteiger partial charge >= 0.3 is 0 Å². The lowest BCUT2D eigenvalue weighted by atomic mass is 9.84.